The molecule has 2 aliphatic rings. The maximum Gasteiger partial charge on any atom is 0.255 e. The maximum absolute atomic E-state index is 14.4. The third-order valence-electron chi connectivity index (χ3n) is 6.86. The summed E-state index contributed by atoms with van der Waals surface area (Å²) in [7, 11) is 0. The fourth-order valence-corrected chi connectivity index (χ4v) is 4.85. The van der Waals surface area contributed by atoms with Gasteiger partial charge in [-0.05, 0) is 55.8 Å². The average Bonchev–Trinajstić information content (AvgIpc) is 3.38. The molecule has 0 spiro atoms. The predicted molar refractivity (Wildman–Crippen MR) is 137 cm³/mol. The Balaban J connectivity index is 1.62. The molecule has 1 unspecified atom stereocenters. The van der Waals surface area contributed by atoms with Crippen molar-refractivity contribution < 1.29 is 14.6 Å². The van der Waals surface area contributed by atoms with E-state index in [2.05, 4.69) is 27.6 Å². The quantitative estimate of drug-likeness (QED) is 0.536. The molecule has 3 atom stereocenters. The number of hydrogen-bond donors (Lipinski definition) is 2. The largest absolute Gasteiger partial charge is 0.485 e. The Hall–Kier alpha value is -4.66. The molecule has 184 valence electrons. The highest BCUT2D eigenvalue weighted by molar-refractivity contribution is 5.92. The van der Waals surface area contributed by atoms with Crippen LogP contribution in [0.25, 0.3) is 0 Å². The van der Waals surface area contributed by atoms with Crippen molar-refractivity contribution in [3.63, 3.8) is 0 Å². The molecule has 8 heteroatoms. The summed E-state index contributed by atoms with van der Waals surface area (Å²) in [5.41, 5.74) is 0.501. The third-order valence-corrected chi connectivity index (χ3v) is 6.86. The smallest absolute Gasteiger partial charge is 0.255 e. The van der Waals surface area contributed by atoms with E-state index in [9.17, 15) is 15.2 Å². The number of terminal acetylenes is 1. The number of rotatable bonds is 4. The molecule has 0 saturated heterocycles. The van der Waals surface area contributed by atoms with Crippen LogP contribution in [-0.4, -0.2) is 29.3 Å². The monoisotopic (exact) mass is 491 g/mol. The van der Waals surface area contributed by atoms with Crippen molar-refractivity contribution in [3.8, 4) is 24.2 Å². The number of carbonyl (C=O) groups is 1. The van der Waals surface area contributed by atoms with E-state index >= 15 is 0 Å². The minimum Gasteiger partial charge on any atom is -0.485 e. The number of fused-ring (bicyclic) bond motifs is 1. The molecule has 0 radical (unpaired) electrons. The Kier molecular flexibility index (Phi) is 5.91. The Morgan fingerprint density at radius 2 is 1.92 bits per heavy atom. The van der Waals surface area contributed by atoms with Crippen molar-refractivity contribution in [3.05, 3.63) is 95.1 Å². The van der Waals surface area contributed by atoms with Crippen LogP contribution >= 0.6 is 0 Å². The molecule has 0 aromatic heterocycles. The maximum atomic E-state index is 14.4. The first-order chi connectivity index (χ1) is 17.8. The van der Waals surface area contributed by atoms with Gasteiger partial charge < -0.3 is 15.2 Å². The van der Waals surface area contributed by atoms with Crippen molar-refractivity contribution in [1.29, 1.82) is 5.26 Å². The second-order valence-corrected chi connectivity index (χ2v) is 9.59. The van der Waals surface area contributed by atoms with E-state index in [-0.39, 0.29) is 6.54 Å². The topological polar surface area (TPSA) is 110 Å². The number of amides is 1. The summed E-state index contributed by atoms with van der Waals surface area (Å²) < 4.78 is 6.02. The van der Waals surface area contributed by atoms with E-state index in [0.29, 0.717) is 33.7 Å². The van der Waals surface area contributed by atoms with Crippen molar-refractivity contribution in [2.24, 2.45) is 10.3 Å². The summed E-state index contributed by atoms with van der Waals surface area (Å²) in [6, 6.07) is 22.7. The molecule has 0 fully saturated rings. The predicted octanol–water partition coefficient (Wildman–Crippen LogP) is 4.01. The van der Waals surface area contributed by atoms with Crippen LogP contribution in [0.2, 0.25) is 0 Å². The number of hydrogen-bond acceptors (Lipinski definition) is 7. The molecule has 2 heterocycles. The van der Waals surface area contributed by atoms with Gasteiger partial charge in [-0.2, -0.15) is 10.4 Å². The van der Waals surface area contributed by atoms with E-state index in [4.69, 9.17) is 11.2 Å². The summed E-state index contributed by atoms with van der Waals surface area (Å²) in [6.45, 7) is 3.56. The van der Waals surface area contributed by atoms with E-state index in [0.717, 1.165) is 0 Å². The van der Waals surface area contributed by atoms with Gasteiger partial charge in [0.1, 0.15) is 24.0 Å². The Morgan fingerprint density at radius 1 is 1.14 bits per heavy atom. The Morgan fingerprint density at radius 3 is 2.65 bits per heavy atom. The number of nitrogens with one attached hydrogen (secondary N) is 1. The molecule has 0 aliphatic carbocycles. The van der Waals surface area contributed by atoms with Crippen LogP contribution in [0.4, 0.5) is 5.69 Å². The first kappa shape index (κ1) is 24.1. The van der Waals surface area contributed by atoms with Gasteiger partial charge in [-0.3, -0.25) is 4.79 Å². The first-order valence-electron chi connectivity index (χ1n) is 11.8. The molecule has 2 aliphatic heterocycles. The molecule has 0 saturated carbocycles. The van der Waals surface area contributed by atoms with Gasteiger partial charge in [0.2, 0.25) is 0 Å². The summed E-state index contributed by atoms with van der Waals surface area (Å²) in [6.07, 6.45) is 4.53. The summed E-state index contributed by atoms with van der Waals surface area (Å²) in [5, 5.41) is 34.0. The fraction of sp³-hybridized carbons (Fsp3) is 0.241. The number of aliphatic hydroxyl groups is 1. The Labute approximate surface area is 215 Å². The molecule has 3 aromatic carbocycles. The van der Waals surface area contributed by atoms with E-state index < -0.39 is 29.2 Å². The number of ether oxygens (including phenoxy) is 1. The van der Waals surface area contributed by atoms with Gasteiger partial charge in [0.15, 0.2) is 5.54 Å². The van der Waals surface area contributed by atoms with Gasteiger partial charge in [-0.15, -0.1) is 6.42 Å². The molecule has 1 amide bonds. The number of nitriles is 1. The molecule has 3 aromatic rings. The van der Waals surface area contributed by atoms with Crippen molar-refractivity contribution >= 4 is 11.6 Å². The molecular weight excluding hydrogens is 466 g/mol. The molecule has 2 N–H and O–H groups in total. The standard InChI is InChI=1S/C29H25N5O3/c1-4-19-9-8-12-22(15-19)34-29(18-31-33-34,21-10-6-5-7-11-21)27(36)32-25-23-16-20(17-30)13-14-24(23)37-28(2,3)26(25)35/h1,5-16,25-26,35H,18H2,2-3H3,(H,32,36)/t25-,26+,29?/m1/s1. The fourth-order valence-electron chi connectivity index (χ4n) is 4.85. The molecular formula is C29H25N5O3. The van der Waals surface area contributed by atoms with E-state index in [1.54, 1.807) is 55.3 Å². The number of aliphatic hydroxyl groups excluding tert-OH is 1. The first-order valence-corrected chi connectivity index (χ1v) is 11.8. The normalized spacial score (nSPS) is 23.3. The summed E-state index contributed by atoms with van der Waals surface area (Å²) >= 11 is 0. The summed E-state index contributed by atoms with van der Waals surface area (Å²) in [5.74, 6) is 2.70. The van der Waals surface area contributed by atoms with Gasteiger partial charge in [0, 0.05) is 11.1 Å². The minimum absolute atomic E-state index is 0.0525. The Bertz CT molecular complexity index is 1470. The van der Waals surface area contributed by atoms with Gasteiger partial charge in [0.05, 0.1) is 23.4 Å². The SMILES string of the molecule is C#Cc1cccc(N2N=NCC2(C(=O)N[C@@H]2c3cc(C#N)ccc3OC(C)(C)[C@H]2O)c2ccccc2)c1. The molecule has 5 rings (SSSR count). The van der Waals surface area contributed by atoms with E-state index in [1.165, 1.54) is 0 Å². The number of benzene rings is 3. The van der Waals surface area contributed by atoms with Crippen LogP contribution in [0.3, 0.4) is 0 Å². The van der Waals surface area contributed by atoms with Crippen molar-refractivity contribution in [2.75, 3.05) is 11.6 Å². The molecule has 0 bridgehead atoms. The van der Waals surface area contributed by atoms with Crippen LogP contribution in [0.5, 0.6) is 5.75 Å². The zero-order valence-electron chi connectivity index (χ0n) is 20.4. The van der Waals surface area contributed by atoms with Crippen molar-refractivity contribution in [1.82, 2.24) is 5.32 Å². The number of carbonyl (C=O) groups excluding carboxylic acids is 1. The second-order valence-electron chi connectivity index (χ2n) is 9.59. The van der Waals surface area contributed by atoms with Crippen LogP contribution in [0.1, 0.15) is 42.1 Å². The van der Waals surface area contributed by atoms with E-state index in [1.807, 2.05) is 36.4 Å². The number of nitrogens with zero attached hydrogens (tertiary/aromatic N) is 4. The highest BCUT2D eigenvalue weighted by Gasteiger charge is 2.53. The lowest BCUT2D eigenvalue weighted by atomic mass is 9.83. The highest BCUT2D eigenvalue weighted by Crippen LogP contribution is 2.43. The van der Waals surface area contributed by atoms with Crippen LogP contribution < -0.4 is 15.1 Å². The van der Waals surface area contributed by atoms with Crippen molar-refractivity contribution in [2.45, 2.75) is 37.1 Å². The van der Waals surface area contributed by atoms with Gasteiger partial charge in [-0.1, -0.05) is 47.5 Å². The van der Waals surface area contributed by atoms with Crippen LogP contribution in [-0.2, 0) is 10.3 Å². The lowest BCUT2D eigenvalue weighted by Gasteiger charge is -2.44. The second kappa shape index (κ2) is 9.09. The molecule has 37 heavy (non-hydrogen) atoms. The van der Waals surface area contributed by atoms with Crippen LogP contribution in [0.15, 0.2) is 83.1 Å². The van der Waals surface area contributed by atoms with Gasteiger partial charge >= 0.3 is 0 Å². The number of anilines is 1. The zero-order chi connectivity index (χ0) is 26.2. The zero-order valence-corrected chi connectivity index (χ0v) is 20.4. The molecule has 8 nitrogen and oxygen atoms in total. The average molecular weight is 492 g/mol. The van der Waals surface area contributed by atoms with Gasteiger partial charge in [0.25, 0.3) is 5.91 Å². The third kappa shape index (κ3) is 3.98. The lowest BCUT2D eigenvalue weighted by molar-refractivity contribution is -0.130. The highest BCUT2D eigenvalue weighted by atomic mass is 16.5. The van der Waals surface area contributed by atoms with Crippen LogP contribution in [0, 0.1) is 23.7 Å². The summed E-state index contributed by atoms with van der Waals surface area (Å²) in [4.78, 5) is 14.4. The lowest BCUT2D eigenvalue weighted by Crippen LogP contribution is -2.59. The van der Waals surface area contributed by atoms with Gasteiger partial charge in [-0.25, -0.2) is 5.01 Å². The minimum atomic E-state index is -1.34.